The van der Waals surface area contributed by atoms with Gasteiger partial charge in [-0.3, -0.25) is 9.48 Å². The van der Waals surface area contributed by atoms with Crippen molar-refractivity contribution >= 4 is 5.91 Å². The van der Waals surface area contributed by atoms with Crippen molar-refractivity contribution in [2.45, 2.75) is 25.8 Å². The van der Waals surface area contributed by atoms with Gasteiger partial charge < -0.3 is 14.8 Å². The Morgan fingerprint density at radius 3 is 2.95 bits per heavy atom. The molecule has 22 heavy (non-hydrogen) atoms. The first kappa shape index (κ1) is 14.4. The predicted octanol–water partition coefficient (Wildman–Crippen LogP) is 1.35. The first-order chi connectivity index (χ1) is 10.7. The van der Waals surface area contributed by atoms with Crippen molar-refractivity contribution in [2.75, 3.05) is 6.79 Å². The molecule has 1 atom stereocenters. The highest BCUT2D eigenvalue weighted by Gasteiger charge is 2.19. The lowest BCUT2D eigenvalue weighted by Crippen LogP contribution is -2.31. The van der Waals surface area contributed by atoms with E-state index in [9.17, 15) is 4.79 Å². The monoisotopic (exact) mass is 302 g/mol. The van der Waals surface area contributed by atoms with E-state index in [1.165, 1.54) is 6.33 Å². The number of ether oxygens (including phenoxy) is 2. The average Bonchev–Trinajstić information content (AvgIpc) is 3.13. The van der Waals surface area contributed by atoms with Crippen molar-refractivity contribution in [2.24, 2.45) is 7.05 Å². The van der Waals surface area contributed by atoms with E-state index < -0.39 is 0 Å². The first-order valence-electron chi connectivity index (χ1n) is 7.19. The van der Waals surface area contributed by atoms with Crippen molar-refractivity contribution in [3.63, 3.8) is 0 Å². The smallest absolute Gasteiger partial charge is 0.231 e. The molecule has 0 radical (unpaired) electrons. The molecule has 7 nitrogen and oxygen atoms in total. The molecular formula is C15H18N4O3. The summed E-state index contributed by atoms with van der Waals surface area (Å²) in [5, 5.41) is 7.03. The molecule has 0 aliphatic carbocycles. The van der Waals surface area contributed by atoms with Gasteiger partial charge in [-0.25, -0.2) is 4.98 Å². The minimum absolute atomic E-state index is 0.0614. The summed E-state index contributed by atoms with van der Waals surface area (Å²) in [5.41, 5.74) is 0.884. The maximum Gasteiger partial charge on any atom is 0.231 e. The number of hydrogen-bond donors (Lipinski definition) is 1. The Kier molecular flexibility index (Phi) is 3.95. The molecule has 0 saturated carbocycles. The van der Waals surface area contributed by atoms with Gasteiger partial charge in [-0.15, -0.1) is 0 Å². The Hall–Kier alpha value is -2.57. The molecule has 0 bridgehead atoms. The molecule has 0 unspecified atom stereocenters. The van der Waals surface area contributed by atoms with Crippen molar-refractivity contribution in [3.05, 3.63) is 35.9 Å². The number of nitrogens with zero attached hydrogens (tertiary/aromatic N) is 3. The number of nitrogens with one attached hydrogen (secondary N) is 1. The van der Waals surface area contributed by atoms with Crippen LogP contribution < -0.4 is 14.8 Å². The van der Waals surface area contributed by atoms with Crippen LogP contribution >= 0.6 is 0 Å². The second-order valence-electron chi connectivity index (χ2n) is 5.13. The summed E-state index contributed by atoms with van der Waals surface area (Å²) >= 11 is 0. The van der Waals surface area contributed by atoms with E-state index >= 15 is 0 Å². The van der Waals surface area contributed by atoms with Crippen LogP contribution in [0, 0.1) is 0 Å². The summed E-state index contributed by atoms with van der Waals surface area (Å²) in [7, 11) is 1.81. The fraction of sp³-hybridized carbons (Fsp3) is 0.400. The van der Waals surface area contributed by atoms with Crippen LogP contribution in [0.3, 0.4) is 0 Å². The van der Waals surface area contributed by atoms with Gasteiger partial charge in [0.1, 0.15) is 12.2 Å². The van der Waals surface area contributed by atoms with Crippen molar-refractivity contribution in [1.82, 2.24) is 20.1 Å². The molecule has 2 aromatic rings. The summed E-state index contributed by atoms with van der Waals surface area (Å²) in [6, 6.07) is 5.39. The lowest BCUT2D eigenvalue weighted by molar-refractivity contribution is -0.121. The number of carbonyl (C=O) groups excluding carboxylic acids is 1. The van der Waals surface area contributed by atoms with Gasteiger partial charge in [-0.2, -0.15) is 5.10 Å². The van der Waals surface area contributed by atoms with Gasteiger partial charge in [-0.1, -0.05) is 13.0 Å². The molecule has 2 heterocycles. The molecule has 1 aromatic carbocycles. The summed E-state index contributed by atoms with van der Waals surface area (Å²) in [6.07, 6.45) is 2.52. The lowest BCUT2D eigenvalue weighted by atomic mass is 10.1. The van der Waals surface area contributed by atoms with Crippen LogP contribution in [0.15, 0.2) is 24.5 Å². The molecule has 1 aliphatic heterocycles. The standard InChI is InChI=1S/C15H18N4O3/c1-3-11(15-16-8-17-19(15)2)18-14(20)7-10-4-5-12-13(6-10)22-9-21-12/h4-6,8,11H,3,7,9H2,1-2H3,(H,18,20)/t11-/m1/s1. The SMILES string of the molecule is CC[C@@H](NC(=O)Cc1ccc2c(c1)OCO2)c1ncnn1C. The molecule has 0 fully saturated rings. The zero-order valence-electron chi connectivity index (χ0n) is 12.6. The number of hydrogen-bond acceptors (Lipinski definition) is 5. The fourth-order valence-corrected chi connectivity index (χ4v) is 2.45. The van der Waals surface area contributed by atoms with E-state index in [0.29, 0.717) is 5.75 Å². The van der Waals surface area contributed by atoms with Crippen molar-refractivity contribution in [1.29, 1.82) is 0 Å². The molecule has 3 rings (SSSR count). The summed E-state index contributed by atoms with van der Waals surface area (Å²) in [5.74, 6) is 2.09. The normalized spacial score (nSPS) is 13.9. The van der Waals surface area contributed by atoms with E-state index in [1.807, 2.05) is 32.2 Å². The highest BCUT2D eigenvalue weighted by atomic mass is 16.7. The van der Waals surface area contributed by atoms with Crippen LogP contribution in [0.5, 0.6) is 11.5 Å². The van der Waals surface area contributed by atoms with Crippen LogP contribution in [0.4, 0.5) is 0 Å². The second-order valence-corrected chi connectivity index (χ2v) is 5.13. The molecule has 0 saturated heterocycles. The summed E-state index contributed by atoms with van der Waals surface area (Å²) in [6.45, 7) is 2.23. The molecule has 1 aliphatic rings. The number of fused-ring (bicyclic) bond motifs is 1. The van der Waals surface area contributed by atoms with Crippen molar-refractivity contribution in [3.8, 4) is 11.5 Å². The van der Waals surface area contributed by atoms with Gasteiger partial charge in [0.2, 0.25) is 12.7 Å². The Balaban J connectivity index is 1.65. The van der Waals surface area contributed by atoms with Crippen LogP contribution in [0.1, 0.15) is 30.8 Å². The maximum absolute atomic E-state index is 12.2. The largest absolute Gasteiger partial charge is 0.454 e. The maximum atomic E-state index is 12.2. The van der Waals surface area contributed by atoms with Crippen molar-refractivity contribution < 1.29 is 14.3 Å². The highest BCUT2D eigenvalue weighted by Crippen LogP contribution is 2.32. The average molecular weight is 302 g/mol. The number of aromatic nitrogens is 3. The fourth-order valence-electron chi connectivity index (χ4n) is 2.45. The Morgan fingerprint density at radius 1 is 1.41 bits per heavy atom. The molecular weight excluding hydrogens is 284 g/mol. The topological polar surface area (TPSA) is 78.3 Å². The Labute approximate surface area is 128 Å². The minimum atomic E-state index is -0.144. The zero-order valence-corrected chi connectivity index (χ0v) is 12.6. The van der Waals surface area contributed by atoms with Gasteiger partial charge in [0.05, 0.1) is 12.5 Å². The van der Waals surface area contributed by atoms with E-state index in [-0.39, 0.29) is 25.2 Å². The summed E-state index contributed by atoms with van der Waals surface area (Å²) in [4.78, 5) is 16.4. The molecule has 1 amide bonds. The minimum Gasteiger partial charge on any atom is -0.454 e. The molecule has 1 aromatic heterocycles. The third kappa shape index (κ3) is 2.88. The zero-order chi connectivity index (χ0) is 15.5. The van der Waals surface area contributed by atoms with Crippen LogP contribution in [-0.4, -0.2) is 27.5 Å². The van der Waals surface area contributed by atoms with Gasteiger partial charge in [0.25, 0.3) is 0 Å². The van der Waals surface area contributed by atoms with E-state index in [4.69, 9.17) is 9.47 Å². The highest BCUT2D eigenvalue weighted by molar-refractivity contribution is 5.79. The van der Waals surface area contributed by atoms with E-state index in [2.05, 4.69) is 15.4 Å². The lowest BCUT2D eigenvalue weighted by Gasteiger charge is -2.16. The van der Waals surface area contributed by atoms with E-state index in [1.54, 1.807) is 4.68 Å². The van der Waals surface area contributed by atoms with Gasteiger partial charge in [0.15, 0.2) is 11.5 Å². The third-order valence-corrected chi connectivity index (χ3v) is 3.60. The summed E-state index contributed by atoms with van der Waals surface area (Å²) < 4.78 is 12.3. The third-order valence-electron chi connectivity index (χ3n) is 3.60. The van der Waals surface area contributed by atoms with Gasteiger partial charge in [0, 0.05) is 7.05 Å². The van der Waals surface area contributed by atoms with E-state index in [0.717, 1.165) is 23.6 Å². The second kappa shape index (κ2) is 6.05. The Morgan fingerprint density at radius 2 is 2.23 bits per heavy atom. The molecule has 1 N–H and O–H groups in total. The molecule has 116 valence electrons. The number of rotatable bonds is 5. The van der Waals surface area contributed by atoms with Gasteiger partial charge >= 0.3 is 0 Å². The van der Waals surface area contributed by atoms with Crippen LogP contribution in [-0.2, 0) is 18.3 Å². The number of carbonyl (C=O) groups is 1. The Bertz CT molecular complexity index is 683. The number of benzene rings is 1. The van der Waals surface area contributed by atoms with Crippen LogP contribution in [0.2, 0.25) is 0 Å². The molecule has 7 heteroatoms. The first-order valence-corrected chi connectivity index (χ1v) is 7.19. The number of amides is 1. The molecule has 0 spiro atoms. The van der Waals surface area contributed by atoms with Crippen LogP contribution in [0.25, 0.3) is 0 Å². The number of aryl methyl sites for hydroxylation is 1. The predicted molar refractivity (Wildman–Crippen MR) is 78.4 cm³/mol. The van der Waals surface area contributed by atoms with Gasteiger partial charge in [-0.05, 0) is 24.1 Å². The quantitative estimate of drug-likeness (QED) is 0.902.